The number of nitrogens with zero attached hydrogens (tertiary/aromatic N) is 3. The Balaban J connectivity index is 2.22. The molecule has 0 saturated carbocycles. The lowest BCUT2D eigenvalue weighted by atomic mass is 10.0. The Kier molecular flexibility index (Phi) is 8.18. The normalized spacial score (nSPS) is 16.5. The van der Waals surface area contributed by atoms with Crippen molar-refractivity contribution >= 4 is 28.6 Å². The highest BCUT2D eigenvalue weighted by Crippen LogP contribution is 2.33. The average Bonchev–Trinajstić information content (AvgIpc) is 2.67. The number of hydrogen-bond donors (Lipinski definition) is 1. The maximum Gasteiger partial charge on any atom is 0.416 e. The number of hydrogen-bond acceptors (Lipinski definition) is 4. The number of carbonyl (C=O) groups excluding carboxylic acids is 1. The van der Waals surface area contributed by atoms with E-state index in [1.54, 1.807) is 0 Å². The van der Waals surface area contributed by atoms with Crippen LogP contribution in [0, 0.1) is 0 Å². The van der Waals surface area contributed by atoms with E-state index in [2.05, 4.69) is 51.4 Å². The van der Waals surface area contributed by atoms with Gasteiger partial charge >= 0.3 is 6.18 Å². The molecule has 1 aromatic rings. The second kappa shape index (κ2) is 10.2. The quantitative estimate of drug-likeness (QED) is 0.481. The molecule has 9 heteroatoms. The van der Waals surface area contributed by atoms with Crippen molar-refractivity contribution in [3.63, 3.8) is 0 Å². The van der Waals surface area contributed by atoms with Crippen molar-refractivity contribution in [3.8, 4) is 0 Å². The van der Waals surface area contributed by atoms with Crippen molar-refractivity contribution < 1.29 is 18.0 Å². The molecule has 1 aliphatic rings. The molecular formula is C20H24BrF3N4O. The summed E-state index contributed by atoms with van der Waals surface area (Å²) in [5.41, 5.74) is -0.748. The molecule has 158 valence electrons. The Morgan fingerprint density at radius 1 is 1.28 bits per heavy atom. The molecule has 0 atom stereocenters. The number of piperazine rings is 1. The molecule has 0 aromatic heterocycles. The van der Waals surface area contributed by atoms with Crippen molar-refractivity contribution in [2.45, 2.75) is 19.6 Å². The highest BCUT2D eigenvalue weighted by Gasteiger charge is 2.34. The highest BCUT2D eigenvalue weighted by atomic mass is 79.9. The van der Waals surface area contributed by atoms with Crippen LogP contribution in [0.15, 0.2) is 46.1 Å². The van der Waals surface area contributed by atoms with Crippen molar-refractivity contribution in [2.75, 3.05) is 32.7 Å². The SMILES string of the molecule is C=N/C(=C\C(=C)Br)NC(=O)c1ccc(CN2CCN(CC)CC2)c(C(F)(F)F)c1. The Labute approximate surface area is 177 Å². The second-order valence-corrected chi connectivity index (χ2v) is 7.69. The summed E-state index contributed by atoms with van der Waals surface area (Å²) in [6.45, 7) is 13.2. The van der Waals surface area contributed by atoms with Crippen LogP contribution in [0.1, 0.15) is 28.4 Å². The first-order valence-electron chi connectivity index (χ1n) is 9.13. The van der Waals surface area contributed by atoms with E-state index in [-0.39, 0.29) is 23.5 Å². The van der Waals surface area contributed by atoms with Crippen LogP contribution in [0.5, 0.6) is 0 Å². The second-order valence-electron chi connectivity index (χ2n) is 6.67. The van der Waals surface area contributed by atoms with Crippen molar-refractivity contribution in [3.05, 3.63) is 57.8 Å². The molecule has 1 aliphatic heterocycles. The van der Waals surface area contributed by atoms with E-state index in [1.165, 1.54) is 18.2 Å². The van der Waals surface area contributed by atoms with Gasteiger partial charge < -0.3 is 10.2 Å². The summed E-state index contributed by atoms with van der Waals surface area (Å²) in [6.07, 6.45) is -3.16. The summed E-state index contributed by atoms with van der Waals surface area (Å²) in [4.78, 5) is 20.3. The molecule has 1 aromatic carbocycles. The lowest BCUT2D eigenvalue weighted by molar-refractivity contribution is -0.138. The van der Waals surface area contributed by atoms with Crippen LogP contribution in [-0.2, 0) is 12.7 Å². The first-order valence-corrected chi connectivity index (χ1v) is 9.92. The number of alkyl halides is 3. The van der Waals surface area contributed by atoms with Crippen molar-refractivity contribution in [2.24, 2.45) is 4.99 Å². The van der Waals surface area contributed by atoms with Gasteiger partial charge in [0.15, 0.2) is 0 Å². The number of carbonyl (C=O) groups is 1. The van der Waals surface area contributed by atoms with E-state index in [0.29, 0.717) is 17.6 Å². The molecule has 1 amide bonds. The molecular weight excluding hydrogens is 449 g/mol. The predicted octanol–water partition coefficient (Wildman–Crippen LogP) is 4.02. The van der Waals surface area contributed by atoms with Gasteiger partial charge in [0.05, 0.1) is 5.56 Å². The van der Waals surface area contributed by atoms with Crippen LogP contribution < -0.4 is 5.32 Å². The minimum Gasteiger partial charge on any atom is -0.307 e. The molecule has 0 bridgehead atoms. The van der Waals surface area contributed by atoms with Gasteiger partial charge in [0.1, 0.15) is 5.82 Å². The summed E-state index contributed by atoms with van der Waals surface area (Å²) >= 11 is 3.10. The van der Waals surface area contributed by atoms with Gasteiger partial charge in [-0.25, -0.2) is 4.99 Å². The number of benzene rings is 1. The number of amides is 1. The number of aliphatic imine (C=N–C) groups is 1. The van der Waals surface area contributed by atoms with E-state index in [9.17, 15) is 18.0 Å². The van der Waals surface area contributed by atoms with Gasteiger partial charge in [-0.2, -0.15) is 13.2 Å². The highest BCUT2D eigenvalue weighted by molar-refractivity contribution is 9.11. The van der Waals surface area contributed by atoms with Crippen LogP contribution in [0.3, 0.4) is 0 Å². The maximum atomic E-state index is 13.6. The predicted molar refractivity (Wildman–Crippen MR) is 112 cm³/mol. The molecule has 5 nitrogen and oxygen atoms in total. The van der Waals surface area contributed by atoms with E-state index in [1.807, 2.05) is 4.90 Å². The van der Waals surface area contributed by atoms with Crippen molar-refractivity contribution in [1.82, 2.24) is 15.1 Å². The molecule has 0 aliphatic carbocycles. The fourth-order valence-electron chi connectivity index (χ4n) is 3.08. The lowest BCUT2D eigenvalue weighted by Gasteiger charge is -2.34. The van der Waals surface area contributed by atoms with E-state index >= 15 is 0 Å². The summed E-state index contributed by atoms with van der Waals surface area (Å²) in [6, 6.07) is 3.65. The summed E-state index contributed by atoms with van der Waals surface area (Å²) in [5.74, 6) is -0.616. The molecule has 1 saturated heterocycles. The molecule has 0 spiro atoms. The zero-order valence-electron chi connectivity index (χ0n) is 16.2. The molecule has 29 heavy (non-hydrogen) atoms. The zero-order valence-corrected chi connectivity index (χ0v) is 17.8. The van der Waals surface area contributed by atoms with Gasteiger partial charge in [-0.15, -0.1) is 0 Å². The van der Waals surface area contributed by atoms with Gasteiger partial charge in [0, 0.05) is 42.8 Å². The molecule has 0 unspecified atom stereocenters. The Morgan fingerprint density at radius 2 is 1.90 bits per heavy atom. The van der Waals surface area contributed by atoms with E-state index < -0.39 is 17.6 Å². The third-order valence-corrected chi connectivity index (χ3v) is 4.92. The fraction of sp³-hybridized carbons (Fsp3) is 0.400. The standard InChI is InChI=1S/C20H24BrF3N4O/c1-4-27-7-9-28(10-8-27)13-16-6-5-15(12-17(16)20(22,23)24)19(29)26-18(25-3)11-14(2)21/h5-6,11-12H,2-4,7-10,13H2,1H3,(H,26,29)/b18-11+. The zero-order chi connectivity index (χ0) is 21.6. The molecule has 2 rings (SSSR count). The van der Waals surface area contributed by atoms with Gasteiger partial charge in [-0.3, -0.25) is 9.69 Å². The van der Waals surface area contributed by atoms with Crippen molar-refractivity contribution in [1.29, 1.82) is 0 Å². The first-order chi connectivity index (χ1) is 13.6. The Hall–Kier alpha value is -1.97. The maximum absolute atomic E-state index is 13.6. The Morgan fingerprint density at radius 3 is 2.41 bits per heavy atom. The van der Waals surface area contributed by atoms with Crippen LogP contribution in [0.25, 0.3) is 0 Å². The van der Waals surface area contributed by atoms with Crippen LogP contribution in [-0.4, -0.2) is 55.1 Å². The average molecular weight is 473 g/mol. The van der Waals surface area contributed by atoms with Crippen LogP contribution >= 0.6 is 15.9 Å². The summed E-state index contributed by atoms with van der Waals surface area (Å²) in [5, 5.41) is 2.42. The van der Waals surface area contributed by atoms with E-state index in [0.717, 1.165) is 25.7 Å². The van der Waals surface area contributed by atoms with Gasteiger partial charge in [0.25, 0.3) is 5.91 Å². The van der Waals surface area contributed by atoms with Crippen LogP contribution in [0.4, 0.5) is 13.2 Å². The van der Waals surface area contributed by atoms with Gasteiger partial charge in [-0.05, 0) is 37.0 Å². The Bertz CT molecular complexity index is 799. The number of allylic oxidation sites excluding steroid dienone is 2. The van der Waals surface area contributed by atoms with Gasteiger partial charge in [-0.1, -0.05) is 35.5 Å². The number of rotatable bonds is 7. The molecule has 0 radical (unpaired) electrons. The smallest absolute Gasteiger partial charge is 0.307 e. The third-order valence-electron chi connectivity index (χ3n) is 4.69. The van der Waals surface area contributed by atoms with E-state index in [4.69, 9.17) is 0 Å². The first kappa shape index (κ1) is 23.3. The minimum absolute atomic E-state index is 0.0864. The molecule has 1 fully saturated rings. The summed E-state index contributed by atoms with van der Waals surface area (Å²) in [7, 11) is 0. The number of halogens is 4. The molecule has 1 heterocycles. The third kappa shape index (κ3) is 6.80. The topological polar surface area (TPSA) is 47.9 Å². The fourth-order valence-corrected chi connectivity index (χ4v) is 3.30. The largest absolute Gasteiger partial charge is 0.416 e. The van der Waals surface area contributed by atoms with Crippen LogP contribution in [0.2, 0.25) is 0 Å². The minimum atomic E-state index is -4.56. The van der Waals surface area contributed by atoms with Gasteiger partial charge in [0.2, 0.25) is 0 Å². The molecule has 1 N–H and O–H groups in total. The summed E-state index contributed by atoms with van der Waals surface area (Å²) < 4.78 is 41.4. The number of nitrogens with one attached hydrogen (secondary N) is 1. The number of likely N-dealkylation sites (N-methyl/N-ethyl adjacent to an activating group) is 1. The monoisotopic (exact) mass is 472 g/mol. The lowest BCUT2D eigenvalue weighted by Crippen LogP contribution is -2.45.